The van der Waals surface area contributed by atoms with Crippen LogP contribution in [0.3, 0.4) is 0 Å². The Labute approximate surface area is 209 Å². The molecule has 5 aromatic rings. The van der Waals surface area contributed by atoms with Crippen molar-refractivity contribution in [3.63, 3.8) is 0 Å². The Bertz CT molecular complexity index is 1780. The van der Waals surface area contributed by atoms with Gasteiger partial charge in [0.15, 0.2) is 11.5 Å². The monoisotopic (exact) mass is 496 g/mol. The quantitative estimate of drug-likeness (QED) is 0.282. The SMILES string of the molecule is COc1ccc(-c2coc3c4c(cc(O)c3c2=O)OC(=O)CC4c2ccc3nccnc3c2)cc1OC. The van der Waals surface area contributed by atoms with Gasteiger partial charge in [0.2, 0.25) is 5.43 Å². The molecule has 6 rings (SSSR count). The molecule has 1 aliphatic heterocycles. The number of hydrogen-bond donors (Lipinski definition) is 1. The number of fused-ring (bicyclic) bond motifs is 4. The first-order valence-corrected chi connectivity index (χ1v) is 11.4. The molecule has 1 unspecified atom stereocenters. The van der Waals surface area contributed by atoms with Gasteiger partial charge in [-0.25, -0.2) is 0 Å². The topological polar surface area (TPSA) is 121 Å². The van der Waals surface area contributed by atoms with Crippen molar-refractivity contribution in [2.24, 2.45) is 0 Å². The lowest BCUT2D eigenvalue weighted by Crippen LogP contribution is -2.22. The van der Waals surface area contributed by atoms with Gasteiger partial charge in [0, 0.05) is 29.9 Å². The van der Waals surface area contributed by atoms with Gasteiger partial charge in [-0.1, -0.05) is 12.1 Å². The van der Waals surface area contributed by atoms with Gasteiger partial charge in [0.25, 0.3) is 0 Å². The van der Waals surface area contributed by atoms with E-state index in [2.05, 4.69) is 9.97 Å². The van der Waals surface area contributed by atoms with Crippen LogP contribution in [0, 0.1) is 0 Å². The summed E-state index contributed by atoms with van der Waals surface area (Å²) in [6.07, 6.45) is 4.57. The van der Waals surface area contributed by atoms with Gasteiger partial charge in [-0.05, 0) is 35.4 Å². The Hall–Kier alpha value is -4.92. The molecule has 37 heavy (non-hydrogen) atoms. The lowest BCUT2D eigenvalue weighted by atomic mass is 9.84. The van der Waals surface area contributed by atoms with Crippen molar-refractivity contribution >= 4 is 28.0 Å². The third-order valence-corrected chi connectivity index (χ3v) is 6.56. The van der Waals surface area contributed by atoms with Crippen molar-refractivity contribution in [1.82, 2.24) is 9.97 Å². The molecule has 1 N–H and O–H groups in total. The van der Waals surface area contributed by atoms with Gasteiger partial charge >= 0.3 is 5.97 Å². The number of aromatic hydroxyl groups is 1. The number of aromatic nitrogens is 2. The first kappa shape index (κ1) is 22.5. The molecule has 0 aliphatic carbocycles. The molecule has 0 fully saturated rings. The minimum absolute atomic E-state index is 0.00503. The predicted molar refractivity (Wildman–Crippen MR) is 134 cm³/mol. The molecule has 2 aromatic heterocycles. The summed E-state index contributed by atoms with van der Waals surface area (Å²) < 4.78 is 22.1. The van der Waals surface area contributed by atoms with Crippen LogP contribution in [-0.2, 0) is 4.79 Å². The van der Waals surface area contributed by atoms with Gasteiger partial charge in [-0.15, -0.1) is 0 Å². The number of ether oxygens (including phenoxy) is 3. The van der Waals surface area contributed by atoms with E-state index in [-0.39, 0.29) is 34.5 Å². The van der Waals surface area contributed by atoms with Crippen molar-refractivity contribution < 1.29 is 28.5 Å². The average Bonchev–Trinajstić information content (AvgIpc) is 2.91. The van der Waals surface area contributed by atoms with Crippen LogP contribution in [0.5, 0.6) is 23.0 Å². The number of nitrogens with zero attached hydrogens (tertiary/aromatic N) is 2. The second kappa shape index (κ2) is 8.63. The number of esters is 1. The maximum Gasteiger partial charge on any atom is 0.312 e. The second-order valence-electron chi connectivity index (χ2n) is 8.60. The lowest BCUT2D eigenvalue weighted by Gasteiger charge is -2.26. The van der Waals surface area contributed by atoms with Gasteiger partial charge in [-0.3, -0.25) is 19.6 Å². The van der Waals surface area contributed by atoms with Crippen molar-refractivity contribution in [3.8, 4) is 34.1 Å². The highest BCUT2D eigenvalue weighted by Gasteiger charge is 2.34. The molecule has 1 atom stereocenters. The first-order valence-electron chi connectivity index (χ1n) is 11.4. The Morgan fingerprint density at radius 2 is 1.73 bits per heavy atom. The summed E-state index contributed by atoms with van der Waals surface area (Å²) in [5.41, 5.74) is 3.15. The first-order chi connectivity index (χ1) is 18.0. The summed E-state index contributed by atoms with van der Waals surface area (Å²) in [6.45, 7) is 0. The zero-order chi connectivity index (χ0) is 25.7. The summed E-state index contributed by atoms with van der Waals surface area (Å²) in [4.78, 5) is 34.8. The maximum absolute atomic E-state index is 13.7. The largest absolute Gasteiger partial charge is 0.507 e. The highest BCUT2D eigenvalue weighted by atomic mass is 16.5. The van der Waals surface area contributed by atoms with Gasteiger partial charge < -0.3 is 23.7 Å². The normalized spacial score (nSPS) is 14.9. The van der Waals surface area contributed by atoms with Crippen LogP contribution in [0.1, 0.15) is 23.5 Å². The van der Waals surface area contributed by atoms with E-state index in [1.165, 1.54) is 26.5 Å². The van der Waals surface area contributed by atoms with Crippen LogP contribution in [0.15, 0.2) is 70.3 Å². The van der Waals surface area contributed by atoms with E-state index in [1.807, 2.05) is 18.2 Å². The van der Waals surface area contributed by atoms with E-state index < -0.39 is 17.3 Å². The summed E-state index contributed by atoms with van der Waals surface area (Å²) in [6, 6.07) is 11.9. The summed E-state index contributed by atoms with van der Waals surface area (Å²) in [5, 5.41) is 10.8. The molecule has 9 nitrogen and oxygen atoms in total. The number of carbonyl (C=O) groups excluding carboxylic acids is 1. The Morgan fingerprint density at radius 1 is 0.946 bits per heavy atom. The molecule has 3 heterocycles. The fraction of sp³-hybridized carbons (Fsp3) is 0.143. The summed E-state index contributed by atoms with van der Waals surface area (Å²) in [7, 11) is 3.02. The molecule has 0 amide bonds. The molecule has 0 saturated heterocycles. The third-order valence-electron chi connectivity index (χ3n) is 6.56. The summed E-state index contributed by atoms with van der Waals surface area (Å²) in [5.74, 6) is -0.186. The number of carbonyl (C=O) groups is 1. The predicted octanol–water partition coefficient (Wildman–Crippen LogP) is 4.57. The smallest absolute Gasteiger partial charge is 0.312 e. The maximum atomic E-state index is 13.7. The van der Waals surface area contributed by atoms with E-state index in [0.717, 1.165) is 5.56 Å². The number of hydrogen-bond acceptors (Lipinski definition) is 9. The number of phenols is 1. The highest BCUT2D eigenvalue weighted by Crippen LogP contribution is 2.46. The van der Waals surface area contributed by atoms with E-state index in [4.69, 9.17) is 18.6 Å². The fourth-order valence-corrected chi connectivity index (χ4v) is 4.82. The Balaban J connectivity index is 1.57. The average molecular weight is 496 g/mol. The molecule has 1 aliphatic rings. The van der Waals surface area contributed by atoms with E-state index in [1.54, 1.807) is 30.6 Å². The standard InChI is InChI=1S/C28H20N2O7/c1-34-21-6-4-15(10-22(21)35-2)17-13-36-28-25-16(14-3-5-18-19(9-14)30-8-7-29-18)11-24(32)37-23(25)12-20(31)26(28)27(17)33/h3-10,12-13,16,31H,11H2,1-2H3. The fourth-order valence-electron chi connectivity index (χ4n) is 4.82. The minimum Gasteiger partial charge on any atom is -0.507 e. The number of rotatable bonds is 4. The molecule has 0 bridgehead atoms. The highest BCUT2D eigenvalue weighted by molar-refractivity contribution is 5.94. The molecule has 0 radical (unpaired) electrons. The Morgan fingerprint density at radius 3 is 2.51 bits per heavy atom. The minimum atomic E-state index is -0.485. The van der Waals surface area contributed by atoms with Crippen LogP contribution >= 0.6 is 0 Å². The van der Waals surface area contributed by atoms with Crippen LogP contribution in [0.2, 0.25) is 0 Å². The molecular formula is C28H20N2O7. The van der Waals surface area contributed by atoms with Gasteiger partial charge in [0.1, 0.15) is 28.7 Å². The number of methoxy groups -OCH3 is 2. The van der Waals surface area contributed by atoms with E-state index >= 15 is 0 Å². The second-order valence-corrected chi connectivity index (χ2v) is 8.60. The molecule has 0 saturated carbocycles. The third kappa shape index (κ3) is 3.63. The van der Waals surface area contributed by atoms with E-state index in [9.17, 15) is 14.7 Å². The lowest BCUT2D eigenvalue weighted by molar-refractivity contribution is -0.135. The van der Waals surface area contributed by atoms with Gasteiger partial charge in [-0.2, -0.15) is 0 Å². The zero-order valence-corrected chi connectivity index (χ0v) is 19.8. The van der Waals surface area contributed by atoms with Crippen LogP contribution in [-0.4, -0.2) is 35.3 Å². The van der Waals surface area contributed by atoms with Crippen LogP contribution in [0.25, 0.3) is 33.1 Å². The molecular weight excluding hydrogens is 476 g/mol. The molecule has 3 aromatic carbocycles. The summed E-state index contributed by atoms with van der Waals surface area (Å²) >= 11 is 0. The van der Waals surface area contributed by atoms with Crippen molar-refractivity contribution in [2.45, 2.75) is 12.3 Å². The molecule has 9 heteroatoms. The van der Waals surface area contributed by atoms with Gasteiger partial charge in [0.05, 0.1) is 37.2 Å². The number of benzene rings is 3. The Kier molecular flexibility index (Phi) is 5.26. The van der Waals surface area contributed by atoms with Crippen LogP contribution in [0.4, 0.5) is 0 Å². The zero-order valence-electron chi connectivity index (χ0n) is 19.8. The van der Waals surface area contributed by atoms with E-state index in [0.29, 0.717) is 33.7 Å². The number of phenolic OH excluding ortho intramolecular Hbond substituents is 1. The molecule has 0 spiro atoms. The molecule has 184 valence electrons. The van der Waals surface area contributed by atoms with Crippen molar-refractivity contribution in [2.75, 3.05) is 14.2 Å². The van der Waals surface area contributed by atoms with Crippen molar-refractivity contribution in [3.05, 3.63) is 82.5 Å². The van der Waals surface area contributed by atoms with Crippen molar-refractivity contribution in [1.29, 1.82) is 0 Å². The van der Waals surface area contributed by atoms with Crippen LogP contribution < -0.4 is 19.6 Å².